The zero-order valence-electron chi connectivity index (χ0n) is 16.5. The number of amides is 2. The number of nitrogens with one attached hydrogen (secondary N) is 1. The molecular weight excluding hydrogens is 361 g/mol. The summed E-state index contributed by atoms with van der Waals surface area (Å²) < 4.78 is 14.7. The lowest BCUT2D eigenvalue weighted by Crippen LogP contribution is -2.50. The van der Waals surface area contributed by atoms with Gasteiger partial charge in [-0.15, -0.1) is 0 Å². The molecule has 0 saturated carbocycles. The van der Waals surface area contributed by atoms with Gasteiger partial charge in [0.2, 0.25) is 5.91 Å². The molecule has 1 fully saturated rings. The molecule has 0 spiro atoms. The first kappa shape index (κ1) is 20.0. The van der Waals surface area contributed by atoms with Crippen LogP contribution in [-0.4, -0.2) is 64.1 Å². The third-order valence-corrected chi connectivity index (χ3v) is 4.67. The summed E-state index contributed by atoms with van der Waals surface area (Å²) in [5.74, 6) is -0.532. The van der Waals surface area contributed by atoms with Gasteiger partial charge in [0.15, 0.2) is 0 Å². The smallest absolute Gasteiger partial charge is 0.257 e. The highest BCUT2D eigenvalue weighted by Gasteiger charge is 2.25. The van der Waals surface area contributed by atoms with E-state index in [1.807, 2.05) is 25.7 Å². The van der Waals surface area contributed by atoms with E-state index >= 15 is 0 Å². The molecule has 8 heteroatoms. The fourth-order valence-electron chi connectivity index (χ4n) is 3.03. The van der Waals surface area contributed by atoms with Gasteiger partial charge in [0, 0.05) is 38.1 Å². The van der Waals surface area contributed by atoms with E-state index in [1.54, 1.807) is 22.0 Å². The molecule has 0 unspecified atom stereocenters. The van der Waals surface area contributed by atoms with Crippen molar-refractivity contribution in [1.82, 2.24) is 19.6 Å². The topological polar surface area (TPSA) is 70.5 Å². The Morgan fingerprint density at radius 3 is 2.32 bits per heavy atom. The first-order valence-electron chi connectivity index (χ1n) is 9.34. The van der Waals surface area contributed by atoms with Crippen LogP contribution in [0.4, 0.5) is 10.1 Å². The van der Waals surface area contributed by atoms with Crippen molar-refractivity contribution in [1.29, 1.82) is 0 Å². The maximum Gasteiger partial charge on any atom is 0.257 e. The van der Waals surface area contributed by atoms with E-state index in [4.69, 9.17) is 0 Å². The molecule has 2 heterocycles. The van der Waals surface area contributed by atoms with Crippen molar-refractivity contribution in [2.45, 2.75) is 26.3 Å². The average Bonchev–Trinajstić information content (AvgIpc) is 3.14. The number of nitrogens with zero attached hydrogens (tertiary/aromatic N) is 4. The number of halogens is 1. The second kappa shape index (κ2) is 8.10. The quantitative estimate of drug-likeness (QED) is 0.873. The van der Waals surface area contributed by atoms with Crippen LogP contribution in [0, 0.1) is 5.82 Å². The summed E-state index contributed by atoms with van der Waals surface area (Å²) in [6.45, 7) is 8.69. The van der Waals surface area contributed by atoms with E-state index in [1.165, 1.54) is 24.3 Å². The fraction of sp³-hybridized carbons (Fsp3) is 0.450. The Kier molecular flexibility index (Phi) is 5.79. The maximum absolute atomic E-state index is 12.9. The molecule has 2 aromatic rings. The minimum absolute atomic E-state index is 0.0362. The second-order valence-corrected chi connectivity index (χ2v) is 7.97. The summed E-state index contributed by atoms with van der Waals surface area (Å²) in [7, 11) is 0. The minimum Gasteiger partial charge on any atom is -0.336 e. The van der Waals surface area contributed by atoms with Gasteiger partial charge in [-0.3, -0.25) is 19.2 Å². The molecule has 150 valence electrons. The number of hydrogen-bond acceptors (Lipinski definition) is 4. The van der Waals surface area contributed by atoms with Crippen LogP contribution in [0.3, 0.4) is 0 Å². The summed E-state index contributed by atoms with van der Waals surface area (Å²) in [5, 5.41) is 7.04. The molecular formula is C20H26FN5O2. The third-order valence-electron chi connectivity index (χ3n) is 4.67. The Morgan fingerprint density at radius 2 is 1.75 bits per heavy atom. The van der Waals surface area contributed by atoms with Crippen LogP contribution in [-0.2, 0) is 10.3 Å². The Labute approximate surface area is 164 Å². The van der Waals surface area contributed by atoms with Crippen LogP contribution in [0.25, 0.3) is 0 Å². The average molecular weight is 387 g/mol. The summed E-state index contributed by atoms with van der Waals surface area (Å²) in [6, 6.07) is 5.67. The van der Waals surface area contributed by atoms with E-state index in [9.17, 15) is 14.0 Å². The molecule has 1 aliphatic rings. The SMILES string of the molecule is CC(C)(C)n1cc(C(=O)N2CCN(CC(=O)Nc3ccc(F)cc3)CC2)cn1. The standard InChI is InChI=1S/C20H26FN5O2/c1-20(2,3)26-13-15(12-22-26)19(28)25-10-8-24(9-11-25)14-18(27)23-17-6-4-16(21)5-7-17/h4-7,12-13H,8-11,14H2,1-3H3,(H,23,27). The predicted molar refractivity (Wildman–Crippen MR) is 105 cm³/mol. The van der Waals surface area contributed by atoms with Gasteiger partial charge in [-0.2, -0.15) is 5.10 Å². The summed E-state index contributed by atoms with van der Waals surface area (Å²) in [5.41, 5.74) is 0.975. The van der Waals surface area contributed by atoms with Crippen LogP contribution in [0.2, 0.25) is 0 Å². The van der Waals surface area contributed by atoms with Crippen molar-refractivity contribution >= 4 is 17.5 Å². The Balaban J connectivity index is 1.48. The Morgan fingerprint density at radius 1 is 1.11 bits per heavy atom. The van der Waals surface area contributed by atoms with Gasteiger partial charge >= 0.3 is 0 Å². The molecule has 3 rings (SSSR count). The van der Waals surface area contributed by atoms with E-state index < -0.39 is 0 Å². The van der Waals surface area contributed by atoms with Gasteiger partial charge in [0.1, 0.15) is 5.82 Å². The van der Waals surface area contributed by atoms with Crippen LogP contribution < -0.4 is 5.32 Å². The third kappa shape index (κ3) is 4.95. The largest absolute Gasteiger partial charge is 0.336 e. The normalized spacial score (nSPS) is 15.5. The van der Waals surface area contributed by atoms with Crippen LogP contribution in [0.5, 0.6) is 0 Å². The molecule has 28 heavy (non-hydrogen) atoms. The van der Waals surface area contributed by atoms with Crippen molar-refractivity contribution in [2.75, 3.05) is 38.0 Å². The fourth-order valence-corrected chi connectivity index (χ4v) is 3.03. The monoisotopic (exact) mass is 387 g/mol. The minimum atomic E-state index is -0.341. The van der Waals surface area contributed by atoms with Gasteiger partial charge < -0.3 is 10.2 Å². The highest BCUT2D eigenvalue weighted by molar-refractivity contribution is 5.94. The van der Waals surface area contributed by atoms with Crippen LogP contribution in [0.1, 0.15) is 31.1 Å². The van der Waals surface area contributed by atoms with Crippen LogP contribution >= 0.6 is 0 Å². The van der Waals surface area contributed by atoms with Crippen molar-refractivity contribution in [3.63, 3.8) is 0 Å². The number of anilines is 1. The van der Waals surface area contributed by atoms with E-state index in [0.29, 0.717) is 37.4 Å². The highest BCUT2D eigenvalue weighted by Crippen LogP contribution is 2.15. The molecule has 7 nitrogen and oxygen atoms in total. The van der Waals surface area contributed by atoms with Gasteiger partial charge in [-0.05, 0) is 45.0 Å². The first-order valence-corrected chi connectivity index (χ1v) is 9.34. The molecule has 2 amide bonds. The molecule has 1 aromatic carbocycles. The van der Waals surface area contributed by atoms with Crippen molar-refractivity contribution in [3.8, 4) is 0 Å². The molecule has 0 aliphatic carbocycles. The van der Waals surface area contributed by atoms with E-state index in [2.05, 4.69) is 10.4 Å². The molecule has 0 radical (unpaired) electrons. The highest BCUT2D eigenvalue weighted by atomic mass is 19.1. The molecule has 1 aliphatic heterocycles. The summed E-state index contributed by atoms with van der Waals surface area (Å²) >= 11 is 0. The van der Waals surface area contributed by atoms with Crippen LogP contribution in [0.15, 0.2) is 36.7 Å². The lowest BCUT2D eigenvalue weighted by molar-refractivity contribution is -0.117. The summed E-state index contributed by atoms with van der Waals surface area (Å²) in [6.07, 6.45) is 3.39. The summed E-state index contributed by atoms with van der Waals surface area (Å²) in [4.78, 5) is 28.6. The number of piperazine rings is 1. The van der Waals surface area contributed by atoms with Crippen molar-refractivity contribution < 1.29 is 14.0 Å². The van der Waals surface area contributed by atoms with Crippen molar-refractivity contribution in [2.24, 2.45) is 0 Å². The number of hydrogen-bond donors (Lipinski definition) is 1. The number of carbonyl (C=O) groups is 2. The zero-order chi connectivity index (χ0) is 20.3. The first-order chi connectivity index (χ1) is 13.2. The molecule has 0 bridgehead atoms. The van der Waals surface area contributed by atoms with Gasteiger partial charge in [0.05, 0.1) is 23.8 Å². The Hall–Kier alpha value is -2.74. The molecule has 0 atom stereocenters. The lowest BCUT2D eigenvalue weighted by Gasteiger charge is -2.34. The Bertz CT molecular complexity index is 833. The molecule has 1 N–H and O–H groups in total. The van der Waals surface area contributed by atoms with E-state index in [0.717, 1.165) is 0 Å². The van der Waals surface area contributed by atoms with Gasteiger partial charge in [-0.25, -0.2) is 4.39 Å². The van der Waals surface area contributed by atoms with Gasteiger partial charge in [0.25, 0.3) is 5.91 Å². The molecule has 1 aromatic heterocycles. The number of benzene rings is 1. The number of carbonyl (C=O) groups excluding carboxylic acids is 2. The lowest BCUT2D eigenvalue weighted by atomic mass is 10.1. The predicted octanol–water partition coefficient (Wildman–Crippen LogP) is 2.17. The second-order valence-electron chi connectivity index (χ2n) is 7.97. The van der Waals surface area contributed by atoms with E-state index in [-0.39, 0.29) is 29.7 Å². The number of aromatic nitrogens is 2. The van der Waals surface area contributed by atoms with Crippen molar-refractivity contribution in [3.05, 3.63) is 48.0 Å². The molecule has 1 saturated heterocycles. The van der Waals surface area contributed by atoms with Gasteiger partial charge in [-0.1, -0.05) is 0 Å². The number of rotatable bonds is 4. The zero-order valence-corrected chi connectivity index (χ0v) is 16.5. The maximum atomic E-state index is 12.9.